The van der Waals surface area contributed by atoms with Gasteiger partial charge in [-0.05, 0) is 12.1 Å². The third-order valence-corrected chi connectivity index (χ3v) is 3.84. The predicted molar refractivity (Wildman–Crippen MR) is 62.0 cm³/mol. The Labute approximate surface area is 104 Å². The van der Waals surface area contributed by atoms with Crippen molar-refractivity contribution >= 4 is 21.9 Å². The Kier molecular flexibility index (Phi) is 4.40. The summed E-state index contributed by atoms with van der Waals surface area (Å²) in [7, 11) is -4.18. The van der Waals surface area contributed by atoms with E-state index in [1.54, 1.807) is 6.07 Å². The van der Waals surface area contributed by atoms with E-state index in [0.717, 1.165) is 0 Å². The molecule has 0 unspecified atom stereocenters. The second kappa shape index (κ2) is 5.61. The van der Waals surface area contributed by atoms with E-state index < -0.39 is 35.0 Å². The number of carbonyl (C=O) groups is 2. The van der Waals surface area contributed by atoms with E-state index in [1.165, 1.54) is 24.3 Å². The number of carbonyl (C=O) groups excluding carboxylic acids is 1. The van der Waals surface area contributed by atoms with E-state index in [-0.39, 0.29) is 9.20 Å². The average Bonchev–Trinajstić information content (AvgIpc) is 2.35. The molecule has 18 heavy (non-hydrogen) atoms. The molecule has 0 aliphatic rings. The zero-order chi connectivity index (χ0) is 13.8. The van der Waals surface area contributed by atoms with E-state index >= 15 is 0 Å². The van der Waals surface area contributed by atoms with Gasteiger partial charge in [0.1, 0.15) is 6.54 Å². The smallest absolute Gasteiger partial charge is 0.324 e. The second-order valence-corrected chi connectivity index (χ2v) is 5.18. The highest BCUT2D eigenvalue weighted by Gasteiger charge is 2.30. The lowest BCUT2D eigenvalue weighted by atomic mass is 10.4. The van der Waals surface area contributed by atoms with Gasteiger partial charge in [0.15, 0.2) is 0 Å². The van der Waals surface area contributed by atoms with Crippen LogP contribution in [0, 0.1) is 0 Å². The van der Waals surface area contributed by atoms with Crippen LogP contribution in [0.3, 0.4) is 0 Å². The summed E-state index contributed by atoms with van der Waals surface area (Å²) in [5.41, 5.74) is 5.07. The third-order valence-electron chi connectivity index (χ3n) is 2.06. The van der Waals surface area contributed by atoms with Crippen LogP contribution in [-0.2, 0) is 19.6 Å². The van der Waals surface area contributed by atoms with Gasteiger partial charge in [0.2, 0.25) is 0 Å². The molecule has 0 aromatic heterocycles. The van der Waals surface area contributed by atoms with Gasteiger partial charge >= 0.3 is 5.97 Å². The van der Waals surface area contributed by atoms with Crippen molar-refractivity contribution in [1.82, 2.24) is 4.31 Å². The number of aliphatic carboxylic acids is 1. The zero-order valence-corrected chi connectivity index (χ0v) is 10.1. The number of rotatable bonds is 5. The lowest BCUT2D eigenvalue weighted by Crippen LogP contribution is -2.43. The zero-order valence-electron chi connectivity index (χ0n) is 9.31. The van der Waals surface area contributed by atoms with Crippen molar-refractivity contribution < 1.29 is 23.1 Å². The first kappa shape index (κ1) is 14.1. The molecule has 8 heteroatoms. The molecule has 0 spiro atoms. The van der Waals surface area contributed by atoms with Crippen LogP contribution in [0.5, 0.6) is 0 Å². The van der Waals surface area contributed by atoms with Gasteiger partial charge in [0.25, 0.3) is 15.9 Å². The molecule has 1 aromatic rings. The standard InChI is InChI=1S/C10H12N2O5S/c11-6-9(13)12(7-10(14)15)18(16,17)8-4-2-1-3-5-8/h1-5H,6-7,11H2,(H,14,15). The van der Waals surface area contributed by atoms with Crippen molar-refractivity contribution in [3.05, 3.63) is 30.3 Å². The van der Waals surface area contributed by atoms with E-state index in [9.17, 15) is 18.0 Å². The molecule has 0 fully saturated rings. The fourth-order valence-electron chi connectivity index (χ4n) is 1.25. The maximum atomic E-state index is 12.1. The highest BCUT2D eigenvalue weighted by atomic mass is 32.2. The molecule has 0 saturated carbocycles. The third kappa shape index (κ3) is 3.05. The number of carboxylic acids is 1. The largest absolute Gasteiger partial charge is 0.480 e. The van der Waals surface area contributed by atoms with Crippen molar-refractivity contribution in [2.75, 3.05) is 13.1 Å². The average molecular weight is 272 g/mol. The van der Waals surface area contributed by atoms with Crippen molar-refractivity contribution in [2.45, 2.75) is 4.90 Å². The molecule has 0 aliphatic carbocycles. The van der Waals surface area contributed by atoms with Crippen LogP contribution in [0.15, 0.2) is 35.2 Å². The first-order chi connectivity index (χ1) is 8.39. The minimum absolute atomic E-state index is 0.159. The number of hydrogen-bond donors (Lipinski definition) is 2. The van der Waals surface area contributed by atoms with Crippen LogP contribution in [0.4, 0.5) is 0 Å². The van der Waals surface area contributed by atoms with Gasteiger partial charge in [-0.2, -0.15) is 0 Å². The molecular weight excluding hydrogens is 260 g/mol. The van der Waals surface area contributed by atoms with Gasteiger partial charge in [0, 0.05) is 0 Å². The van der Waals surface area contributed by atoms with Crippen LogP contribution >= 0.6 is 0 Å². The van der Waals surface area contributed by atoms with Crippen LogP contribution in [0.1, 0.15) is 0 Å². The fourth-order valence-corrected chi connectivity index (χ4v) is 2.63. The Bertz CT molecular complexity index is 541. The Hall–Kier alpha value is -1.93. The molecule has 0 radical (unpaired) electrons. The van der Waals surface area contributed by atoms with Gasteiger partial charge in [0.05, 0.1) is 11.4 Å². The van der Waals surface area contributed by atoms with Crippen LogP contribution < -0.4 is 5.73 Å². The topological polar surface area (TPSA) is 118 Å². The molecule has 98 valence electrons. The van der Waals surface area contributed by atoms with Crippen LogP contribution in [0.25, 0.3) is 0 Å². The Morgan fingerprint density at radius 3 is 2.22 bits per heavy atom. The van der Waals surface area contributed by atoms with Gasteiger partial charge in [-0.3, -0.25) is 9.59 Å². The summed E-state index contributed by atoms with van der Waals surface area (Å²) in [5.74, 6) is -2.41. The van der Waals surface area contributed by atoms with Gasteiger partial charge in [-0.15, -0.1) is 0 Å². The van der Waals surface area contributed by atoms with E-state index in [0.29, 0.717) is 0 Å². The maximum Gasteiger partial charge on any atom is 0.324 e. The summed E-state index contributed by atoms with van der Waals surface area (Å²) in [4.78, 5) is 21.9. The van der Waals surface area contributed by atoms with Crippen LogP contribution in [0.2, 0.25) is 0 Å². The normalized spacial score (nSPS) is 10.9. The highest BCUT2D eigenvalue weighted by molar-refractivity contribution is 7.89. The number of carboxylic acid groups (broad SMARTS) is 1. The maximum absolute atomic E-state index is 12.1. The molecule has 7 nitrogen and oxygen atoms in total. The SMILES string of the molecule is NCC(=O)N(CC(=O)O)S(=O)(=O)c1ccccc1. The summed E-state index contributed by atoms with van der Waals surface area (Å²) in [6, 6.07) is 7.09. The quantitative estimate of drug-likeness (QED) is 0.728. The number of nitrogens with two attached hydrogens (primary N) is 1. The molecular formula is C10H12N2O5S. The lowest BCUT2D eigenvalue weighted by molar-refractivity contribution is -0.140. The molecule has 0 saturated heterocycles. The summed E-state index contributed by atoms with van der Waals surface area (Å²) >= 11 is 0. The molecule has 0 atom stereocenters. The summed E-state index contributed by atoms with van der Waals surface area (Å²) in [5, 5.41) is 8.64. The number of benzene rings is 1. The Morgan fingerprint density at radius 2 is 1.78 bits per heavy atom. The van der Waals surface area contributed by atoms with Crippen molar-refractivity contribution in [1.29, 1.82) is 0 Å². The number of sulfonamides is 1. The van der Waals surface area contributed by atoms with Gasteiger partial charge < -0.3 is 10.8 Å². The molecule has 1 rings (SSSR count). The summed E-state index contributed by atoms with van der Waals surface area (Å²) in [6.07, 6.45) is 0. The van der Waals surface area contributed by atoms with E-state index in [2.05, 4.69) is 0 Å². The number of hydrogen-bond acceptors (Lipinski definition) is 5. The second-order valence-electron chi connectivity index (χ2n) is 3.32. The monoisotopic (exact) mass is 272 g/mol. The van der Waals surface area contributed by atoms with Crippen LogP contribution in [-0.4, -0.2) is 42.8 Å². The van der Waals surface area contributed by atoms with E-state index in [1.807, 2.05) is 0 Å². The molecule has 1 aromatic carbocycles. The molecule has 0 heterocycles. The highest BCUT2D eigenvalue weighted by Crippen LogP contribution is 2.14. The predicted octanol–water partition coefficient (Wildman–Crippen LogP) is -0.753. The van der Waals surface area contributed by atoms with Crippen molar-refractivity contribution in [2.24, 2.45) is 5.73 Å². The molecule has 0 bridgehead atoms. The Balaban J connectivity index is 3.20. The summed E-state index contributed by atoms with van der Waals surface area (Å²) in [6.45, 7) is -1.54. The number of nitrogens with zero attached hydrogens (tertiary/aromatic N) is 1. The van der Waals surface area contributed by atoms with E-state index in [4.69, 9.17) is 10.8 Å². The first-order valence-corrected chi connectivity index (χ1v) is 6.36. The summed E-state index contributed by atoms with van der Waals surface area (Å²) < 4.78 is 24.4. The number of amides is 1. The lowest BCUT2D eigenvalue weighted by Gasteiger charge is -2.19. The van der Waals surface area contributed by atoms with Crippen molar-refractivity contribution in [3.8, 4) is 0 Å². The van der Waals surface area contributed by atoms with Gasteiger partial charge in [-0.25, -0.2) is 12.7 Å². The van der Waals surface area contributed by atoms with Crippen molar-refractivity contribution in [3.63, 3.8) is 0 Å². The molecule has 3 N–H and O–H groups in total. The first-order valence-electron chi connectivity index (χ1n) is 4.92. The Morgan fingerprint density at radius 1 is 1.22 bits per heavy atom. The molecule has 1 amide bonds. The fraction of sp³-hybridized carbons (Fsp3) is 0.200. The minimum Gasteiger partial charge on any atom is -0.480 e. The minimum atomic E-state index is -4.18. The molecule has 0 aliphatic heterocycles. The van der Waals surface area contributed by atoms with Gasteiger partial charge in [-0.1, -0.05) is 18.2 Å².